The third kappa shape index (κ3) is 3.04. The van der Waals surface area contributed by atoms with Crippen molar-refractivity contribution in [3.63, 3.8) is 0 Å². The molecule has 0 bridgehead atoms. The minimum absolute atomic E-state index is 0.262. The van der Waals surface area contributed by atoms with E-state index in [4.69, 9.17) is 9.15 Å². The number of benzene rings is 3. The van der Waals surface area contributed by atoms with Crippen LogP contribution < -0.4 is 10.2 Å². The number of carbonyl (C=O) groups excluding carboxylic acids is 1. The van der Waals surface area contributed by atoms with Crippen LogP contribution in [0.5, 0.6) is 5.75 Å². The van der Waals surface area contributed by atoms with Crippen LogP contribution in [0.15, 0.2) is 70.2 Å². The monoisotopic (exact) mass is 358 g/mol. The maximum absolute atomic E-state index is 12.5. The van der Waals surface area contributed by atoms with Gasteiger partial charge in [-0.25, -0.2) is 5.43 Å². The third-order valence-corrected chi connectivity index (χ3v) is 4.56. The lowest BCUT2D eigenvalue weighted by molar-refractivity contribution is 0.0929. The first-order valence-corrected chi connectivity index (χ1v) is 8.56. The molecule has 0 spiro atoms. The molecule has 134 valence electrons. The highest BCUT2D eigenvalue weighted by atomic mass is 16.5. The van der Waals surface area contributed by atoms with Gasteiger partial charge in [0.2, 0.25) is 0 Å². The molecule has 0 unspecified atom stereocenters. The van der Waals surface area contributed by atoms with E-state index in [1.807, 2.05) is 67.6 Å². The van der Waals surface area contributed by atoms with Crippen LogP contribution in [0.1, 0.15) is 21.7 Å². The summed E-state index contributed by atoms with van der Waals surface area (Å²) in [5.74, 6) is 0.559. The Bertz CT molecular complexity index is 1170. The van der Waals surface area contributed by atoms with Crippen molar-refractivity contribution in [2.75, 3.05) is 7.11 Å². The molecule has 3 aromatic carbocycles. The predicted molar refractivity (Wildman–Crippen MR) is 107 cm³/mol. The molecule has 0 aliphatic heterocycles. The van der Waals surface area contributed by atoms with Crippen LogP contribution in [0.25, 0.3) is 21.7 Å². The summed E-state index contributed by atoms with van der Waals surface area (Å²) in [7, 11) is 1.61. The largest absolute Gasteiger partial charge is 0.496 e. The van der Waals surface area contributed by atoms with Crippen molar-refractivity contribution >= 4 is 33.9 Å². The molecule has 0 aliphatic carbocycles. The lowest BCUT2D eigenvalue weighted by Crippen LogP contribution is -2.17. The van der Waals surface area contributed by atoms with Gasteiger partial charge in [-0.1, -0.05) is 48.5 Å². The smallest absolute Gasteiger partial charge is 0.307 e. The summed E-state index contributed by atoms with van der Waals surface area (Å²) >= 11 is 0. The van der Waals surface area contributed by atoms with E-state index >= 15 is 0 Å². The molecule has 0 aliphatic rings. The highest BCUT2D eigenvalue weighted by molar-refractivity contribution is 6.03. The summed E-state index contributed by atoms with van der Waals surface area (Å²) in [6.07, 6.45) is 1.59. The number of para-hydroxylation sites is 1. The fourth-order valence-corrected chi connectivity index (χ4v) is 3.18. The van der Waals surface area contributed by atoms with Gasteiger partial charge in [-0.2, -0.15) is 5.10 Å². The van der Waals surface area contributed by atoms with Crippen molar-refractivity contribution in [1.29, 1.82) is 0 Å². The van der Waals surface area contributed by atoms with Gasteiger partial charge >= 0.3 is 5.91 Å². The highest BCUT2D eigenvalue weighted by Crippen LogP contribution is 2.27. The van der Waals surface area contributed by atoms with Crippen LogP contribution in [-0.2, 0) is 0 Å². The Hall–Kier alpha value is -3.60. The molecule has 4 aromatic rings. The zero-order chi connectivity index (χ0) is 18.8. The molecule has 1 heterocycles. The summed E-state index contributed by atoms with van der Waals surface area (Å²) in [5, 5.41) is 7.11. The van der Waals surface area contributed by atoms with Crippen molar-refractivity contribution in [2.45, 2.75) is 6.92 Å². The van der Waals surface area contributed by atoms with E-state index < -0.39 is 0 Å². The molecule has 0 atom stereocenters. The number of furan rings is 1. The van der Waals surface area contributed by atoms with Crippen molar-refractivity contribution in [3.05, 3.63) is 77.6 Å². The molecule has 1 amide bonds. The van der Waals surface area contributed by atoms with Crippen molar-refractivity contribution in [3.8, 4) is 5.75 Å². The van der Waals surface area contributed by atoms with E-state index in [0.717, 1.165) is 27.3 Å². The lowest BCUT2D eigenvalue weighted by atomic mass is 10.0. The first kappa shape index (κ1) is 16.8. The number of carbonyl (C=O) groups is 1. The average Bonchev–Trinajstić information content (AvgIpc) is 3.05. The first-order valence-electron chi connectivity index (χ1n) is 8.56. The number of amides is 1. The van der Waals surface area contributed by atoms with Gasteiger partial charge in [0, 0.05) is 16.5 Å². The quantitative estimate of drug-likeness (QED) is 0.426. The minimum atomic E-state index is -0.390. The van der Waals surface area contributed by atoms with Crippen LogP contribution in [0.3, 0.4) is 0 Å². The number of ether oxygens (including phenoxy) is 1. The van der Waals surface area contributed by atoms with Gasteiger partial charge in [0.25, 0.3) is 0 Å². The standard InChI is InChI=1S/C22H18N2O3/c1-14-16-8-5-6-10-20(16)27-21(14)22(25)24-23-13-18-17-9-4-3-7-15(17)11-12-19(18)26-2/h3-13H,1-2H3,(H,24,25)/b23-13-. The molecule has 0 saturated heterocycles. The van der Waals surface area contributed by atoms with Crippen molar-refractivity contribution in [1.82, 2.24) is 5.43 Å². The van der Waals surface area contributed by atoms with Crippen LogP contribution >= 0.6 is 0 Å². The second-order valence-electron chi connectivity index (χ2n) is 6.15. The van der Waals surface area contributed by atoms with E-state index in [1.54, 1.807) is 13.3 Å². The minimum Gasteiger partial charge on any atom is -0.496 e. The first-order chi connectivity index (χ1) is 13.2. The van der Waals surface area contributed by atoms with E-state index in [0.29, 0.717) is 11.3 Å². The number of fused-ring (bicyclic) bond motifs is 2. The number of methoxy groups -OCH3 is 1. The number of aryl methyl sites for hydroxylation is 1. The van der Waals surface area contributed by atoms with Gasteiger partial charge < -0.3 is 9.15 Å². The van der Waals surface area contributed by atoms with Gasteiger partial charge in [0.1, 0.15) is 11.3 Å². The number of hydrazone groups is 1. The zero-order valence-corrected chi connectivity index (χ0v) is 15.0. The highest BCUT2D eigenvalue weighted by Gasteiger charge is 2.16. The normalized spacial score (nSPS) is 11.3. The topological polar surface area (TPSA) is 63.8 Å². The van der Waals surface area contributed by atoms with E-state index in [9.17, 15) is 4.79 Å². The molecule has 0 fully saturated rings. The molecule has 1 N–H and O–H groups in total. The second-order valence-corrected chi connectivity index (χ2v) is 6.15. The Balaban J connectivity index is 1.63. The Kier molecular flexibility index (Phi) is 4.34. The van der Waals surface area contributed by atoms with Crippen molar-refractivity contribution in [2.24, 2.45) is 5.10 Å². The van der Waals surface area contributed by atoms with Gasteiger partial charge in [0.05, 0.1) is 13.3 Å². The van der Waals surface area contributed by atoms with E-state index in [-0.39, 0.29) is 11.7 Å². The Morgan fingerprint density at radius 3 is 2.56 bits per heavy atom. The van der Waals surface area contributed by atoms with E-state index in [1.165, 1.54) is 0 Å². The molecule has 4 rings (SSSR count). The molecule has 5 heteroatoms. The molecule has 1 aromatic heterocycles. The Labute approximate surface area is 156 Å². The summed E-state index contributed by atoms with van der Waals surface area (Å²) < 4.78 is 11.1. The van der Waals surface area contributed by atoms with Crippen LogP contribution in [0.4, 0.5) is 0 Å². The Morgan fingerprint density at radius 1 is 1.04 bits per heavy atom. The average molecular weight is 358 g/mol. The predicted octanol–water partition coefficient (Wildman–Crippen LogP) is 4.67. The van der Waals surface area contributed by atoms with Crippen LogP contribution in [0.2, 0.25) is 0 Å². The van der Waals surface area contributed by atoms with Gasteiger partial charge in [0.15, 0.2) is 5.76 Å². The van der Waals surface area contributed by atoms with Gasteiger partial charge in [-0.05, 0) is 29.8 Å². The Morgan fingerprint density at radius 2 is 1.78 bits per heavy atom. The molecule has 0 radical (unpaired) electrons. The van der Waals surface area contributed by atoms with Gasteiger partial charge in [-0.3, -0.25) is 4.79 Å². The van der Waals surface area contributed by atoms with Crippen LogP contribution in [-0.4, -0.2) is 19.2 Å². The number of nitrogens with one attached hydrogen (secondary N) is 1. The number of nitrogens with zero attached hydrogens (tertiary/aromatic N) is 1. The number of hydrogen-bond donors (Lipinski definition) is 1. The second kappa shape index (κ2) is 6.96. The lowest BCUT2D eigenvalue weighted by Gasteiger charge is -2.08. The van der Waals surface area contributed by atoms with Crippen molar-refractivity contribution < 1.29 is 13.9 Å². The number of rotatable bonds is 4. The molecule has 5 nitrogen and oxygen atoms in total. The third-order valence-electron chi connectivity index (χ3n) is 4.56. The molecular weight excluding hydrogens is 340 g/mol. The number of hydrogen-bond acceptors (Lipinski definition) is 4. The molecule has 27 heavy (non-hydrogen) atoms. The summed E-state index contributed by atoms with van der Waals surface area (Å²) in [6.45, 7) is 1.86. The SMILES string of the molecule is COc1ccc2ccccc2c1/C=N\NC(=O)c1oc2ccccc2c1C. The summed E-state index contributed by atoms with van der Waals surface area (Å²) in [4.78, 5) is 12.5. The summed E-state index contributed by atoms with van der Waals surface area (Å²) in [5.41, 5.74) is 4.82. The fraction of sp³-hybridized carbons (Fsp3) is 0.0909. The van der Waals surface area contributed by atoms with E-state index in [2.05, 4.69) is 10.5 Å². The van der Waals surface area contributed by atoms with Gasteiger partial charge in [-0.15, -0.1) is 0 Å². The molecular formula is C22H18N2O3. The summed E-state index contributed by atoms with van der Waals surface area (Å²) in [6, 6.07) is 19.4. The fourth-order valence-electron chi connectivity index (χ4n) is 3.18. The zero-order valence-electron chi connectivity index (χ0n) is 15.0. The molecule has 0 saturated carbocycles. The maximum Gasteiger partial charge on any atom is 0.307 e. The maximum atomic E-state index is 12.5. The van der Waals surface area contributed by atoms with Crippen LogP contribution in [0, 0.1) is 6.92 Å².